The van der Waals surface area contributed by atoms with E-state index in [9.17, 15) is 4.79 Å². The van der Waals surface area contributed by atoms with Crippen LogP contribution >= 0.6 is 0 Å². The molecule has 178 valence electrons. The number of carbonyl (C=O) groups is 1. The molecule has 0 fully saturated rings. The van der Waals surface area contributed by atoms with Gasteiger partial charge >= 0.3 is 0 Å². The molecule has 0 unspecified atom stereocenters. The summed E-state index contributed by atoms with van der Waals surface area (Å²) in [5, 5.41) is 3.28. The summed E-state index contributed by atoms with van der Waals surface area (Å²) in [7, 11) is 3.33. The normalized spacial score (nSPS) is 16.4. The molecule has 0 saturated heterocycles. The fourth-order valence-corrected chi connectivity index (χ4v) is 4.88. The molecule has 0 bridgehead atoms. The van der Waals surface area contributed by atoms with Crippen molar-refractivity contribution >= 4 is 5.91 Å². The smallest absolute Gasteiger partial charge is 0.224 e. The highest BCUT2D eigenvalue weighted by Gasteiger charge is 2.33. The summed E-state index contributed by atoms with van der Waals surface area (Å²) >= 11 is 0. The van der Waals surface area contributed by atoms with Crippen LogP contribution in [0.2, 0.25) is 0 Å². The first-order chi connectivity index (χ1) is 16.5. The van der Waals surface area contributed by atoms with Crippen molar-refractivity contribution in [1.29, 1.82) is 0 Å². The molecule has 5 heteroatoms. The van der Waals surface area contributed by atoms with E-state index in [0.717, 1.165) is 30.8 Å². The summed E-state index contributed by atoms with van der Waals surface area (Å²) in [5.41, 5.74) is 5.96. The zero-order valence-corrected chi connectivity index (χ0v) is 20.5. The molecule has 0 aromatic heterocycles. The van der Waals surface area contributed by atoms with Gasteiger partial charge in [0.1, 0.15) is 0 Å². The van der Waals surface area contributed by atoms with E-state index in [0.29, 0.717) is 12.2 Å². The van der Waals surface area contributed by atoms with Gasteiger partial charge in [-0.25, -0.2) is 0 Å². The molecule has 1 N–H and O–H groups in total. The van der Waals surface area contributed by atoms with Gasteiger partial charge in [-0.2, -0.15) is 0 Å². The molecular weight excluding hydrogens is 424 g/mol. The van der Waals surface area contributed by atoms with Gasteiger partial charge in [-0.3, -0.25) is 9.69 Å². The van der Waals surface area contributed by atoms with Crippen LogP contribution in [-0.4, -0.2) is 37.6 Å². The van der Waals surface area contributed by atoms with Gasteiger partial charge in [0.25, 0.3) is 0 Å². The van der Waals surface area contributed by atoms with E-state index in [1.54, 1.807) is 14.2 Å². The summed E-state index contributed by atoms with van der Waals surface area (Å²) < 4.78 is 11.2. The summed E-state index contributed by atoms with van der Waals surface area (Å²) in [5.74, 6) is 1.49. The number of fused-ring (bicyclic) bond motifs is 1. The maximum atomic E-state index is 12.9. The molecule has 0 spiro atoms. The molecule has 34 heavy (non-hydrogen) atoms. The van der Waals surface area contributed by atoms with E-state index in [1.807, 2.05) is 30.3 Å². The number of nitrogens with one attached hydrogen (secondary N) is 1. The van der Waals surface area contributed by atoms with Crippen LogP contribution in [0.15, 0.2) is 66.7 Å². The summed E-state index contributed by atoms with van der Waals surface area (Å²) in [4.78, 5) is 15.4. The third-order valence-corrected chi connectivity index (χ3v) is 6.60. The molecule has 0 saturated carbocycles. The van der Waals surface area contributed by atoms with Crippen molar-refractivity contribution in [3.8, 4) is 11.5 Å². The minimum Gasteiger partial charge on any atom is -0.493 e. The number of nitrogens with zero attached hydrogens (tertiary/aromatic N) is 1. The lowest BCUT2D eigenvalue weighted by molar-refractivity contribution is -0.121. The van der Waals surface area contributed by atoms with E-state index < -0.39 is 0 Å². The second-order valence-electron chi connectivity index (χ2n) is 9.08. The van der Waals surface area contributed by atoms with E-state index in [4.69, 9.17) is 9.47 Å². The Morgan fingerprint density at radius 1 is 1.00 bits per heavy atom. The molecule has 5 nitrogen and oxygen atoms in total. The third kappa shape index (κ3) is 5.42. The Bertz CT molecular complexity index is 1110. The number of hydrogen-bond acceptors (Lipinski definition) is 4. The number of amides is 1. The zero-order chi connectivity index (χ0) is 24.1. The van der Waals surface area contributed by atoms with Gasteiger partial charge in [-0.05, 0) is 54.7 Å². The van der Waals surface area contributed by atoms with Crippen LogP contribution in [0, 0.1) is 6.92 Å². The Morgan fingerprint density at radius 2 is 1.68 bits per heavy atom. The standard InChI is InChI=1S/C29H34N2O3/c1-20-10-12-23(13-11-20)19-31-15-14-24-17-26(33-3)27(34-4)18-25(24)29(31)21(2)30-28(32)16-22-8-6-5-7-9-22/h5-13,17-18,21,29H,14-16,19H2,1-4H3,(H,30,32)/t21-,29+/m0/s1. The van der Waals surface area contributed by atoms with Crippen molar-refractivity contribution in [2.75, 3.05) is 20.8 Å². The van der Waals surface area contributed by atoms with Crippen molar-refractivity contribution in [3.05, 3.63) is 94.5 Å². The molecule has 2 atom stereocenters. The van der Waals surface area contributed by atoms with Crippen LogP contribution in [0.3, 0.4) is 0 Å². The average molecular weight is 459 g/mol. The predicted octanol–water partition coefficient (Wildman–Crippen LogP) is 4.86. The van der Waals surface area contributed by atoms with Crippen molar-refractivity contribution in [3.63, 3.8) is 0 Å². The van der Waals surface area contributed by atoms with Gasteiger partial charge in [0.05, 0.1) is 26.7 Å². The maximum absolute atomic E-state index is 12.9. The van der Waals surface area contributed by atoms with Crippen LogP contribution in [0.4, 0.5) is 0 Å². The highest BCUT2D eigenvalue weighted by molar-refractivity contribution is 5.79. The van der Waals surface area contributed by atoms with Gasteiger partial charge in [-0.15, -0.1) is 0 Å². The fraction of sp³-hybridized carbons (Fsp3) is 0.345. The third-order valence-electron chi connectivity index (χ3n) is 6.60. The Balaban J connectivity index is 1.63. The molecule has 1 aliphatic rings. The summed E-state index contributed by atoms with van der Waals surface area (Å²) in [6.45, 7) is 5.92. The minimum atomic E-state index is -0.0844. The number of hydrogen-bond donors (Lipinski definition) is 1. The first-order valence-corrected chi connectivity index (χ1v) is 11.9. The Hall–Kier alpha value is -3.31. The van der Waals surface area contributed by atoms with E-state index >= 15 is 0 Å². The topological polar surface area (TPSA) is 50.8 Å². The Kier molecular flexibility index (Phi) is 7.53. The highest BCUT2D eigenvalue weighted by atomic mass is 16.5. The zero-order valence-electron chi connectivity index (χ0n) is 20.5. The molecule has 0 aliphatic carbocycles. The minimum absolute atomic E-state index is 0.0181. The predicted molar refractivity (Wildman–Crippen MR) is 135 cm³/mol. The molecule has 1 aliphatic heterocycles. The SMILES string of the molecule is COc1cc2c(cc1OC)[C@@H]([C@H](C)NC(=O)Cc1ccccc1)N(Cc1ccc(C)cc1)CC2. The second-order valence-corrected chi connectivity index (χ2v) is 9.08. The number of carbonyl (C=O) groups excluding carboxylic acids is 1. The van der Waals surface area contributed by atoms with Crippen molar-refractivity contribution in [2.24, 2.45) is 0 Å². The monoisotopic (exact) mass is 458 g/mol. The van der Waals surface area contributed by atoms with Crippen molar-refractivity contribution < 1.29 is 14.3 Å². The molecule has 1 amide bonds. The molecule has 0 radical (unpaired) electrons. The second kappa shape index (κ2) is 10.7. The van der Waals surface area contributed by atoms with Crippen LogP contribution in [0.25, 0.3) is 0 Å². The summed E-state index contributed by atoms with van der Waals surface area (Å²) in [6.07, 6.45) is 1.29. The highest BCUT2D eigenvalue weighted by Crippen LogP contribution is 2.40. The molecule has 4 rings (SSSR count). The van der Waals surface area contributed by atoms with Gasteiger partial charge < -0.3 is 14.8 Å². The lowest BCUT2D eigenvalue weighted by Crippen LogP contribution is -2.47. The molecule has 3 aromatic rings. The van der Waals surface area contributed by atoms with Crippen molar-refractivity contribution in [2.45, 2.75) is 45.3 Å². The number of aryl methyl sites for hydroxylation is 1. The van der Waals surface area contributed by atoms with Crippen LogP contribution < -0.4 is 14.8 Å². The summed E-state index contributed by atoms with van der Waals surface area (Å²) in [6, 6.07) is 22.7. The molecular formula is C29H34N2O3. The number of ether oxygens (including phenoxy) is 2. The van der Waals surface area contributed by atoms with Gasteiger partial charge in [0.15, 0.2) is 11.5 Å². The Morgan fingerprint density at radius 3 is 2.35 bits per heavy atom. The molecule has 3 aromatic carbocycles. The number of benzene rings is 3. The number of rotatable bonds is 8. The largest absolute Gasteiger partial charge is 0.493 e. The first-order valence-electron chi connectivity index (χ1n) is 11.9. The van der Waals surface area contributed by atoms with Gasteiger partial charge in [0.2, 0.25) is 5.91 Å². The molecule has 1 heterocycles. The fourth-order valence-electron chi connectivity index (χ4n) is 4.88. The Labute approximate surface area is 202 Å². The quantitative estimate of drug-likeness (QED) is 0.524. The lowest BCUT2D eigenvalue weighted by atomic mass is 9.87. The van der Waals surface area contributed by atoms with E-state index in [2.05, 4.69) is 60.5 Å². The number of methoxy groups -OCH3 is 2. The van der Waals surface area contributed by atoms with Crippen LogP contribution in [0.5, 0.6) is 11.5 Å². The average Bonchev–Trinajstić information content (AvgIpc) is 2.84. The van der Waals surface area contributed by atoms with Gasteiger partial charge in [0, 0.05) is 19.1 Å². The maximum Gasteiger partial charge on any atom is 0.224 e. The van der Waals surface area contributed by atoms with Crippen LogP contribution in [-0.2, 0) is 24.2 Å². The van der Waals surface area contributed by atoms with Gasteiger partial charge in [-0.1, -0.05) is 60.2 Å². The first kappa shape index (κ1) is 23.8. The van der Waals surface area contributed by atoms with E-state index in [-0.39, 0.29) is 18.0 Å². The van der Waals surface area contributed by atoms with E-state index in [1.165, 1.54) is 22.3 Å². The lowest BCUT2D eigenvalue weighted by Gasteiger charge is -2.41. The van der Waals surface area contributed by atoms with Crippen LogP contribution in [0.1, 0.15) is 40.8 Å². The van der Waals surface area contributed by atoms with Crippen molar-refractivity contribution in [1.82, 2.24) is 10.2 Å².